The van der Waals surface area contributed by atoms with Gasteiger partial charge in [0.25, 0.3) is 0 Å². The number of nitrogens with zero attached hydrogens (tertiary/aromatic N) is 1. The van der Waals surface area contributed by atoms with E-state index in [1.807, 2.05) is 18.2 Å². The Labute approximate surface area is 109 Å². The summed E-state index contributed by atoms with van der Waals surface area (Å²) in [5, 5.41) is 12.4. The predicted octanol–water partition coefficient (Wildman–Crippen LogP) is 4.17. The van der Waals surface area contributed by atoms with Crippen molar-refractivity contribution in [2.24, 2.45) is 0 Å². The van der Waals surface area contributed by atoms with Gasteiger partial charge in [0, 0.05) is 6.54 Å². The molecule has 0 spiro atoms. The molecule has 1 aromatic carbocycles. The van der Waals surface area contributed by atoms with Crippen molar-refractivity contribution >= 4 is 5.69 Å². The van der Waals surface area contributed by atoms with E-state index in [4.69, 9.17) is 5.26 Å². The molecule has 0 radical (unpaired) electrons. The van der Waals surface area contributed by atoms with Crippen LogP contribution in [0.25, 0.3) is 0 Å². The number of rotatable bonds is 4. The molecular formula is C16H20N2. The van der Waals surface area contributed by atoms with E-state index in [-0.39, 0.29) is 0 Å². The van der Waals surface area contributed by atoms with E-state index >= 15 is 0 Å². The number of anilines is 1. The molecule has 0 amide bonds. The molecule has 0 unspecified atom stereocenters. The second-order valence-electron chi connectivity index (χ2n) is 4.95. The smallest absolute Gasteiger partial charge is 0.101 e. The maximum atomic E-state index is 9.06. The number of hydrogen-bond donors (Lipinski definition) is 1. The summed E-state index contributed by atoms with van der Waals surface area (Å²) in [6, 6.07) is 8.15. The zero-order valence-corrected chi connectivity index (χ0v) is 11.0. The van der Waals surface area contributed by atoms with Crippen LogP contribution in [0, 0.1) is 18.3 Å². The molecule has 0 aromatic heterocycles. The number of nitriles is 1. The lowest BCUT2D eigenvalue weighted by molar-refractivity contribution is 0.679. The van der Waals surface area contributed by atoms with Crippen LogP contribution in [-0.4, -0.2) is 6.54 Å². The van der Waals surface area contributed by atoms with Gasteiger partial charge in [0.1, 0.15) is 6.07 Å². The van der Waals surface area contributed by atoms with Crippen molar-refractivity contribution < 1.29 is 0 Å². The minimum Gasteiger partial charge on any atom is -0.384 e. The molecule has 2 heteroatoms. The van der Waals surface area contributed by atoms with Gasteiger partial charge in [0.2, 0.25) is 0 Å². The molecule has 1 aliphatic carbocycles. The number of hydrogen-bond acceptors (Lipinski definition) is 2. The SMILES string of the molecule is Cc1ccc(C#N)c(NCCC2=CCCCC2)c1. The molecule has 18 heavy (non-hydrogen) atoms. The summed E-state index contributed by atoms with van der Waals surface area (Å²) >= 11 is 0. The molecule has 0 fully saturated rings. The third-order valence-electron chi connectivity index (χ3n) is 3.44. The summed E-state index contributed by atoms with van der Waals surface area (Å²) in [4.78, 5) is 0. The monoisotopic (exact) mass is 240 g/mol. The van der Waals surface area contributed by atoms with Gasteiger partial charge in [0.05, 0.1) is 11.3 Å². The fraction of sp³-hybridized carbons (Fsp3) is 0.438. The van der Waals surface area contributed by atoms with Crippen molar-refractivity contribution in [1.82, 2.24) is 0 Å². The van der Waals surface area contributed by atoms with Crippen molar-refractivity contribution in [2.75, 3.05) is 11.9 Å². The standard InChI is InChI=1S/C16H20N2/c1-13-7-8-15(12-17)16(11-13)18-10-9-14-5-3-2-4-6-14/h5,7-8,11,18H,2-4,6,9-10H2,1H3. The number of nitrogens with one attached hydrogen (secondary N) is 1. The predicted molar refractivity (Wildman–Crippen MR) is 75.6 cm³/mol. The highest BCUT2D eigenvalue weighted by Gasteiger charge is 2.05. The van der Waals surface area contributed by atoms with Crippen LogP contribution in [0.3, 0.4) is 0 Å². The van der Waals surface area contributed by atoms with E-state index in [0.29, 0.717) is 0 Å². The van der Waals surface area contributed by atoms with Gasteiger partial charge in [-0.1, -0.05) is 17.7 Å². The van der Waals surface area contributed by atoms with Crippen LogP contribution in [0.4, 0.5) is 5.69 Å². The highest BCUT2D eigenvalue weighted by molar-refractivity contribution is 5.58. The van der Waals surface area contributed by atoms with Crippen LogP contribution < -0.4 is 5.32 Å². The summed E-state index contributed by atoms with van der Waals surface area (Å²) in [5.41, 5.74) is 4.46. The first-order valence-electron chi connectivity index (χ1n) is 6.72. The minimum atomic E-state index is 0.734. The normalized spacial score (nSPS) is 14.8. The average Bonchev–Trinajstić information content (AvgIpc) is 2.40. The fourth-order valence-corrected chi connectivity index (χ4v) is 2.39. The first kappa shape index (κ1) is 12.7. The van der Waals surface area contributed by atoms with Gasteiger partial charge >= 0.3 is 0 Å². The summed E-state index contributed by atoms with van der Waals surface area (Å²) < 4.78 is 0. The van der Waals surface area contributed by atoms with Crippen molar-refractivity contribution in [3.63, 3.8) is 0 Å². The second-order valence-corrected chi connectivity index (χ2v) is 4.95. The number of aryl methyl sites for hydroxylation is 1. The Kier molecular flexibility index (Phi) is 4.41. The average molecular weight is 240 g/mol. The summed E-state index contributed by atoms with van der Waals surface area (Å²) in [5.74, 6) is 0. The molecular weight excluding hydrogens is 220 g/mol. The van der Waals surface area contributed by atoms with E-state index in [1.165, 1.54) is 31.2 Å². The Bertz CT molecular complexity index is 480. The van der Waals surface area contributed by atoms with Gasteiger partial charge in [-0.15, -0.1) is 0 Å². The van der Waals surface area contributed by atoms with E-state index in [2.05, 4.69) is 24.4 Å². The van der Waals surface area contributed by atoms with Crippen LogP contribution >= 0.6 is 0 Å². The molecule has 0 saturated carbocycles. The topological polar surface area (TPSA) is 35.8 Å². The summed E-state index contributed by atoms with van der Waals surface area (Å²) in [6.07, 6.45) is 8.64. The van der Waals surface area contributed by atoms with Gasteiger partial charge in [-0.05, 0) is 56.7 Å². The molecule has 0 atom stereocenters. The lowest BCUT2D eigenvalue weighted by atomic mass is 9.97. The van der Waals surface area contributed by atoms with E-state index in [1.54, 1.807) is 5.57 Å². The molecule has 0 saturated heterocycles. The summed E-state index contributed by atoms with van der Waals surface area (Å²) in [6.45, 7) is 2.97. The molecule has 1 aliphatic rings. The molecule has 0 heterocycles. The third-order valence-corrected chi connectivity index (χ3v) is 3.44. The zero-order chi connectivity index (χ0) is 12.8. The second kappa shape index (κ2) is 6.26. The quantitative estimate of drug-likeness (QED) is 0.802. The Morgan fingerprint density at radius 1 is 1.33 bits per heavy atom. The maximum absolute atomic E-state index is 9.06. The Balaban J connectivity index is 1.92. The van der Waals surface area contributed by atoms with Gasteiger partial charge in [-0.25, -0.2) is 0 Å². The van der Waals surface area contributed by atoms with Crippen molar-refractivity contribution in [3.8, 4) is 6.07 Å². The van der Waals surface area contributed by atoms with Crippen LogP contribution in [-0.2, 0) is 0 Å². The van der Waals surface area contributed by atoms with Gasteiger partial charge < -0.3 is 5.32 Å². The Morgan fingerprint density at radius 2 is 2.22 bits per heavy atom. The lowest BCUT2D eigenvalue weighted by Crippen LogP contribution is -2.06. The van der Waals surface area contributed by atoms with Crippen LogP contribution in [0.2, 0.25) is 0 Å². The van der Waals surface area contributed by atoms with Crippen molar-refractivity contribution in [1.29, 1.82) is 5.26 Å². The molecule has 2 nitrogen and oxygen atoms in total. The van der Waals surface area contributed by atoms with Crippen LogP contribution in [0.5, 0.6) is 0 Å². The highest BCUT2D eigenvalue weighted by Crippen LogP contribution is 2.21. The first-order valence-corrected chi connectivity index (χ1v) is 6.72. The van der Waals surface area contributed by atoms with Gasteiger partial charge in [-0.3, -0.25) is 0 Å². The van der Waals surface area contributed by atoms with Crippen LogP contribution in [0.15, 0.2) is 29.8 Å². The summed E-state index contributed by atoms with van der Waals surface area (Å²) in [7, 11) is 0. The van der Waals surface area contributed by atoms with E-state index in [9.17, 15) is 0 Å². The number of allylic oxidation sites excluding steroid dienone is 1. The minimum absolute atomic E-state index is 0.734. The van der Waals surface area contributed by atoms with Crippen molar-refractivity contribution in [2.45, 2.75) is 39.0 Å². The van der Waals surface area contributed by atoms with Gasteiger partial charge in [-0.2, -0.15) is 5.26 Å². The van der Waals surface area contributed by atoms with Crippen LogP contribution in [0.1, 0.15) is 43.2 Å². The van der Waals surface area contributed by atoms with E-state index < -0.39 is 0 Å². The molecule has 2 rings (SSSR count). The molecule has 0 aliphatic heterocycles. The first-order chi connectivity index (χ1) is 8.79. The largest absolute Gasteiger partial charge is 0.384 e. The molecule has 0 bridgehead atoms. The highest BCUT2D eigenvalue weighted by atomic mass is 14.9. The maximum Gasteiger partial charge on any atom is 0.101 e. The third kappa shape index (κ3) is 3.37. The molecule has 1 aromatic rings. The van der Waals surface area contributed by atoms with E-state index in [0.717, 1.165) is 24.2 Å². The number of benzene rings is 1. The zero-order valence-electron chi connectivity index (χ0n) is 11.0. The molecule has 1 N–H and O–H groups in total. The fourth-order valence-electron chi connectivity index (χ4n) is 2.39. The lowest BCUT2D eigenvalue weighted by Gasteiger charge is -2.14. The Hall–Kier alpha value is -1.75. The molecule has 94 valence electrons. The van der Waals surface area contributed by atoms with Gasteiger partial charge in [0.15, 0.2) is 0 Å². The Morgan fingerprint density at radius 3 is 2.94 bits per heavy atom. The van der Waals surface area contributed by atoms with Crippen molar-refractivity contribution in [3.05, 3.63) is 41.0 Å².